The quantitative estimate of drug-likeness (QED) is 0.355. The van der Waals surface area contributed by atoms with Crippen LogP contribution >= 0.6 is 35.7 Å². The average Bonchev–Trinajstić information content (AvgIpc) is 2.64. The summed E-state index contributed by atoms with van der Waals surface area (Å²) in [7, 11) is 1.82. The number of pyridine rings is 1. The maximum Gasteiger partial charge on any atom is 0.213 e. The molecule has 142 valence electrons. The Morgan fingerprint density at radius 1 is 1.40 bits per heavy atom. The molecule has 1 aliphatic rings. The molecule has 0 saturated heterocycles. The molecule has 0 aliphatic heterocycles. The molecule has 1 fully saturated rings. The zero-order chi connectivity index (χ0) is 17.2. The highest BCUT2D eigenvalue weighted by atomic mass is 127. The number of hydrogen-bond acceptors (Lipinski definition) is 4. The van der Waals surface area contributed by atoms with Crippen LogP contribution in [0.4, 0.5) is 0 Å². The van der Waals surface area contributed by atoms with Gasteiger partial charge in [-0.2, -0.15) is 11.8 Å². The molecular weight excluding hydrogens is 447 g/mol. The van der Waals surface area contributed by atoms with Gasteiger partial charge in [0.05, 0.1) is 6.61 Å². The molecule has 2 N–H and O–H groups in total. The first-order valence-corrected chi connectivity index (χ1v) is 10.1. The Hall–Kier alpha value is -0.700. The predicted molar refractivity (Wildman–Crippen MR) is 118 cm³/mol. The van der Waals surface area contributed by atoms with E-state index < -0.39 is 0 Å². The Balaban J connectivity index is 0.00000312. The number of halogens is 1. The van der Waals surface area contributed by atoms with Crippen molar-refractivity contribution in [3.05, 3.63) is 23.9 Å². The molecule has 1 aromatic rings. The monoisotopic (exact) mass is 478 g/mol. The van der Waals surface area contributed by atoms with E-state index in [1.807, 2.05) is 37.1 Å². The molecule has 2 atom stereocenters. The molecule has 5 nitrogen and oxygen atoms in total. The van der Waals surface area contributed by atoms with Crippen molar-refractivity contribution < 1.29 is 4.74 Å². The van der Waals surface area contributed by atoms with E-state index in [2.05, 4.69) is 33.8 Å². The van der Waals surface area contributed by atoms with Crippen LogP contribution in [0.1, 0.15) is 44.6 Å². The van der Waals surface area contributed by atoms with Crippen LogP contribution in [0.3, 0.4) is 0 Å². The lowest BCUT2D eigenvalue weighted by Gasteiger charge is -2.29. The van der Waals surface area contributed by atoms with E-state index in [0.717, 1.165) is 23.2 Å². The fourth-order valence-electron chi connectivity index (χ4n) is 2.87. The molecule has 7 heteroatoms. The molecule has 0 aromatic carbocycles. The van der Waals surface area contributed by atoms with Crippen LogP contribution in [0.5, 0.6) is 5.88 Å². The van der Waals surface area contributed by atoms with E-state index in [9.17, 15) is 0 Å². The number of hydrogen-bond donors (Lipinski definition) is 2. The minimum Gasteiger partial charge on any atom is -0.478 e. The van der Waals surface area contributed by atoms with Crippen molar-refractivity contribution in [3.63, 3.8) is 0 Å². The van der Waals surface area contributed by atoms with Gasteiger partial charge in [-0.05, 0) is 37.5 Å². The maximum absolute atomic E-state index is 5.51. The zero-order valence-electron chi connectivity index (χ0n) is 15.5. The van der Waals surface area contributed by atoms with E-state index >= 15 is 0 Å². The molecular formula is C18H31IN4OS. The number of nitrogens with zero attached hydrogens (tertiary/aromatic N) is 2. The van der Waals surface area contributed by atoms with E-state index in [-0.39, 0.29) is 24.0 Å². The number of aromatic nitrogens is 1. The first-order chi connectivity index (χ1) is 11.7. The van der Waals surface area contributed by atoms with Gasteiger partial charge < -0.3 is 15.4 Å². The lowest BCUT2D eigenvalue weighted by Crippen LogP contribution is -2.45. The number of nitrogens with one attached hydrogen (secondary N) is 2. The summed E-state index contributed by atoms with van der Waals surface area (Å²) < 4.78 is 5.51. The molecule has 0 spiro atoms. The average molecular weight is 478 g/mol. The standard InChI is InChI=1S/C18H30N4OS.HI/c1-4-10-23-17-9-8-14(12-20-17)13-21-18(19-2)22-15-6-5-7-16(11-15)24-3;/h8-9,12,15-16H,4-7,10-11,13H2,1-3H3,(H2,19,21,22);1H. The van der Waals surface area contributed by atoms with Gasteiger partial charge in [0.2, 0.25) is 5.88 Å². The van der Waals surface area contributed by atoms with Crippen molar-refractivity contribution in [2.75, 3.05) is 19.9 Å². The molecule has 2 rings (SSSR count). The SMILES string of the molecule is CCCOc1ccc(CNC(=NC)NC2CCCC(SC)C2)cn1.I. The fraction of sp³-hybridized carbons (Fsp3) is 0.667. The summed E-state index contributed by atoms with van der Waals surface area (Å²) in [6.45, 7) is 3.50. The minimum atomic E-state index is 0. The van der Waals surface area contributed by atoms with Crippen LogP contribution in [-0.4, -0.2) is 42.1 Å². The van der Waals surface area contributed by atoms with Crippen molar-refractivity contribution >= 4 is 41.7 Å². The third-order valence-electron chi connectivity index (χ3n) is 4.24. The molecule has 1 aromatic heterocycles. The number of guanidine groups is 1. The van der Waals surface area contributed by atoms with Gasteiger partial charge in [-0.15, -0.1) is 24.0 Å². The molecule has 0 radical (unpaired) electrons. The highest BCUT2D eigenvalue weighted by Crippen LogP contribution is 2.26. The van der Waals surface area contributed by atoms with Gasteiger partial charge in [-0.25, -0.2) is 4.98 Å². The molecule has 0 bridgehead atoms. The van der Waals surface area contributed by atoms with Gasteiger partial charge in [0.15, 0.2) is 5.96 Å². The van der Waals surface area contributed by atoms with Crippen molar-refractivity contribution in [1.82, 2.24) is 15.6 Å². The van der Waals surface area contributed by atoms with Crippen LogP contribution in [0.2, 0.25) is 0 Å². The van der Waals surface area contributed by atoms with Gasteiger partial charge >= 0.3 is 0 Å². The second-order valence-corrected chi connectivity index (χ2v) is 7.28. The van der Waals surface area contributed by atoms with Crippen molar-refractivity contribution in [2.45, 2.75) is 56.9 Å². The molecule has 0 amide bonds. The summed E-state index contributed by atoms with van der Waals surface area (Å²) in [5, 5.41) is 7.71. The topological polar surface area (TPSA) is 58.5 Å². The van der Waals surface area contributed by atoms with Crippen LogP contribution in [0, 0.1) is 0 Å². The van der Waals surface area contributed by atoms with Crippen LogP contribution in [-0.2, 0) is 6.54 Å². The minimum absolute atomic E-state index is 0. The third kappa shape index (κ3) is 8.02. The lowest BCUT2D eigenvalue weighted by molar-refractivity contribution is 0.305. The summed E-state index contributed by atoms with van der Waals surface area (Å²) in [6, 6.07) is 4.49. The smallest absolute Gasteiger partial charge is 0.213 e. The maximum atomic E-state index is 5.51. The Morgan fingerprint density at radius 2 is 2.24 bits per heavy atom. The van der Waals surface area contributed by atoms with Crippen molar-refractivity contribution in [1.29, 1.82) is 0 Å². The second kappa shape index (κ2) is 12.6. The van der Waals surface area contributed by atoms with E-state index in [1.165, 1.54) is 25.7 Å². The molecule has 1 saturated carbocycles. The molecule has 2 unspecified atom stereocenters. The summed E-state index contributed by atoms with van der Waals surface area (Å²) in [4.78, 5) is 8.68. The summed E-state index contributed by atoms with van der Waals surface area (Å²) in [6.07, 6.45) is 10.1. The van der Waals surface area contributed by atoms with Gasteiger partial charge in [0.1, 0.15) is 0 Å². The van der Waals surface area contributed by atoms with E-state index in [1.54, 1.807) is 0 Å². The first-order valence-electron chi connectivity index (χ1n) is 8.82. The van der Waals surface area contributed by atoms with Crippen molar-refractivity contribution in [3.8, 4) is 5.88 Å². The Labute approximate surface area is 173 Å². The fourth-order valence-corrected chi connectivity index (χ4v) is 3.70. The van der Waals surface area contributed by atoms with Crippen LogP contribution in [0.15, 0.2) is 23.3 Å². The number of rotatable bonds is 7. The van der Waals surface area contributed by atoms with Gasteiger partial charge in [-0.1, -0.05) is 19.4 Å². The van der Waals surface area contributed by atoms with Gasteiger partial charge in [0.25, 0.3) is 0 Å². The highest BCUT2D eigenvalue weighted by molar-refractivity contribution is 14.0. The zero-order valence-corrected chi connectivity index (χ0v) is 18.6. The van der Waals surface area contributed by atoms with Crippen LogP contribution < -0.4 is 15.4 Å². The highest BCUT2D eigenvalue weighted by Gasteiger charge is 2.21. The number of ether oxygens (including phenoxy) is 1. The summed E-state index contributed by atoms with van der Waals surface area (Å²) in [5.41, 5.74) is 1.12. The van der Waals surface area contributed by atoms with Gasteiger partial charge in [-0.3, -0.25) is 4.99 Å². The Kier molecular flexibility index (Phi) is 11.3. The van der Waals surface area contributed by atoms with Gasteiger partial charge in [0, 0.05) is 37.1 Å². The normalized spacial score (nSPS) is 20.5. The van der Waals surface area contributed by atoms with E-state index in [4.69, 9.17) is 4.74 Å². The predicted octanol–water partition coefficient (Wildman–Crippen LogP) is 3.83. The third-order valence-corrected chi connectivity index (χ3v) is 5.33. The summed E-state index contributed by atoms with van der Waals surface area (Å²) >= 11 is 1.98. The van der Waals surface area contributed by atoms with E-state index in [0.29, 0.717) is 25.1 Å². The first kappa shape index (κ1) is 22.3. The molecule has 1 heterocycles. The number of thioether (sulfide) groups is 1. The Morgan fingerprint density at radius 3 is 2.88 bits per heavy atom. The number of aliphatic imine (C=N–C) groups is 1. The molecule has 1 aliphatic carbocycles. The lowest BCUT2D eigenvalue weighted by atomic mass is 9.95. The molecule has 25 heavy (non-hydrogen) atoms. The van der Waals surface area contributed by atoms with Crippen molar-refractivity contribution in [2.24, 2.45) is 4.99 Å². The van der Waals surface area contributed by atoms with Crippen LogP contribution in [0.25, 0.3) is 0 Å². The Bertz CT molecular complexity index is 512. The largest absolute Gasteiger partial charge is 0.478 e. The summed E-state index contributed by atoms with van der Waals surface area (Å²) in [5.74, 6) is 1.56. The second-order valence-electron chi connectivity index (χ2n) is 6.14.